The van der Waals surface area contributed by atoms with E-state index in [-0.39, 0.29) is 6.61 Å². The summed E-state index contributed by atoms with van der Waals surface area (Å²) >= 11 is 1.50. The van der Waals surface area contributed by atoms with Crippen LogP contribution in [0.2, 0.25) is 0 Å². The smallest absolute Gasteiger partial charge is 0.210 e. The van der Waals surface area contributed by atoms with Crippen molar-refractivity contribution >= 4 is 11.8 Å². The van der Waals surface area contributed by atoms with Gasteiger partial charge in [-0.15, -0.1) is 10.2 Å². The first-order valence-corrected chi connectivity index (χ1v) is 9.32. The minimum absolute atomic E-state index is 0.272. The van der Waals surface area contributed by atoms with E-state index in [0.717, 1.165) is 22.8 Å². The maximum Gasteiger partial charge on any atom is 0.210 e. The van der Waals surface area contributed by atoms with E-state index in [1.807, 2.05) is 49.4 Å². The molecule has 0 spiro atoms. The zero-order chi connectivity index (χ0) is 18.4. The van der Waals surface area contributed by atoms with Crippen LogP contribution < -0.4 is 15.3 Å². The van der Waals surface area contributed by atoms with Gasteiger partial charge in [0.25, 0.3) is 0 Å². The van der Waals surface area contributed by atoms with Gasteiger partial charge in [-0.1, -0.05) is 47.7 Å². The number of nitrogens with zero attached hydrogens (tertiary/aromatic N) is 3. The van der Waals surface area contributed by atoms with Gasteiger partial charge in [-0.3, -0.25) is 0 Å². The number of nitrogens with two attached hydrogens (primary N) is 1. The standard InChI is InChI=1S/C19H22N4O2S/c1-14-8-9-17(15(2)12-14)25-13-18-21-22-19(23(18)20)26-11-10-24-16-6-4-3-5-7-16/h3-9,12H,10-11,13,20H2,1-2H3. The molecule has 0 aliphatic carbocycles. The number of thioether (sulfide) groups is 1. The minimum Gasteiger partial charge on any atom is -0.493 e. The molecular formula is C19H22N4O2S. The highest BCUT2D eigenvalue weighted by Gasteiger charge is 2.11. The van der Waals surface area contributed by atoms with Crippen LogP contribution in [0.4, 0.5) is 0 Å². The van der Waals surface area contributed by atoms with Crippen LogP contribution in [-0.4, -0.2) is 27.2 Å². The summed E-state index contributed by atoms with van der Waals surface area (Å²) in [5, 5.41) is 8.88. The van der Waals surface area contributed by atoms with E-state index in [0.29, 0.717) is 17.6 Å². The van der Waals surface area contributed by atoms with Gasteiger partial charge in [-0.25, -0.2) is 4.68 Å². The summed E-state index contributed by atoms with van der Waals surface area (Å²) < 4.78 is 12.9. The first-order chi connectivity index (χ1) is 12.6. The summed E-state index contributed by atoms with van der Waals surface area (Å²) in [5.41, 5.74) is 2.29. The molecule has 0 atom stereocenters. The Balaban J connectivity index is 1.49. The van der Waals surface area contributed by atoms with Gasteiger partial charge in [-0.05, 0) is 37.6 Å². The van der Waals surface area contributed by atoms with Crippen molar-refractivity contribution in [3.63, 3.8) is 0 Å². The molecule has 2 aromatic carbocycles. The zero-order valence-electron chi connectivity index (χ0n) is 14.9. The maximum atomic E-state index is 6.07. The quantitative estimate of drug-likeness (QED) is 0.372. The molecule has 0 fully saturated rings. The van der Waals surface area contributed by atoms with Gasteiger partial charge in [0.05, 0.1) is 6.61 Å². The van der Waals surface area contributed by atoms with E-state index in [1.54, 1.807) is 0 Å². The van der Waals surface area contributed by atoms with Crippen molar-refractivity contribution in [3.05, 3.63) is 65.5 Å². The van der Waals surface area contributed by atoms with Crippen LogP contribution in [-0.2, 0) is 6.61 Å². The molecule has 1 aromatic heterocycles. The fourth-order valence-electron chi connectivity index (χ4n) is 2.42. The van der Waals surface area contributed by atoms with E-state index >= 15 is 0 Å². The Morgan fingerprint density at radius 2 is 1.85 bits per heavy atom. The topological polar surface area (TPSA) is 75.2 Å². The molecule has 0 radical (unpaired) electrons. The van der Waals surface area contributed by atoms with E-state index in [2.05, 4.69) is 23.2 Å². The Bertz CT molecular complexity index is 852. The molecule has 0 aliphatic heterocycles. The number of benzene rings is 2. The molecule has 136 valence electrons. The van der Waals surface area contributed by atoms with Crippen molar-refractivity contribution in [3.8, 4) is 11.5 Å². The summed E-state index contributed by atoms with van der Waals surface area (Å²) in [6.07, 6.45) is 0. The zero-order valence-corrected chi connectivity index (χ0v) is 15.7. The number of aromatic nitrogens is 3. The fourth-order valence-corrected chi connectivity index (χ4v) is 3.11. The van der Waals surface area contributed by atoms with Gasteiger partial charge < -0.3 is 15.3 Å². The summed E-state index contributed by atoms with van der Waals surface area (Å²) in [6, 6.07) is 15.8. The maximum absolute atomic E-state index is 6.07. The Morgan fingerprint density at radius 3 is 2.62 bits per heavy atom. The molecule has 2 N–H and O–H groups in total. The second-order valence-electron chi connectivity index (χ2n) is 5.84. The van der Waals surface area contributed by atoms with Crippen LogP contribution in [0, 0.1) is 13.8 Å². The molecule has 3 aromatic rings. The molecule has 0 saturated carbocycles. The second-order valence-corrected chi connectivity index (χ2v) is 6.90. The Labute approximate surface area is 157 Å². The molecule has 0 aliphatic rings. The molecule has 6 nitrogen and oxygen atoms in total. The fraction of sp³-hybridized carbons (Fsp3) is 0.263. The van der Waals surface area contributed by atoms with Gasteiger partial charge in [0.15, 0.2) is 5.82 Å². The lowest BCUT2D eigenvalue weighted by molar-refractivity contribution is 0.289. The third-order valence-corrected chi connectivity index (χ3v) is 4.66. The molecular weight excluding hydrogens is 348 g/mol. The van der Waals surface area contributed by atoms with E-state index in [4.69, 9.17) is 15.3 Å². The van der Waals surface area contributed by atoms with Gasteiger partial charge in [-0.2, -0.15) is 0 Å². The van der Waals surface area contributed by atoms with Crippen LogP contribution >= 0.6 is 11.8 Å². The first kappa shape index (κ1) is 18.1. The number of para-hydroxylation sites is 1. The second kappa shape index (κ2) is 8.62. The van der Waals surface area contributed by atoms with Crippen LogP contribution in [0.25, 0.3) is 0 Å². The number of aryl methyl sites for hydroxylation is 2. The Morgan fingerprint density at radius 1 is 1.04 bits per heavy atom. The highest BCUT2D eigenvalue weighted by Crippen LogP contribution is 2.21. The van der Waals surface area contributed by atoms with Gasteiger partial charge in [0.1, 0.15) is 18.1 Å². The summed E-state index contributed by atoms with van der Waals surface area (Å²) in [7, 11) is 0. The van der Waals surface area contributed by atoms with E-state index in [1.165, 1.54) is 22.0 Å². The normalized spacial score (nSPS) is 10.7. The van der Waals surface area contributed by atoms with Gasteiger partial charge >= 0.3 is 0 Å². The van der Waals surface area contributed by atoms with E-state index < -0.39 is 0 Å². The largest absolute Gasteiger partial charge is 0.493 e. The minimum atomic E-state index is 0.272. The monoisotopic (exact) mass is 370 g/mol. The number of ether oxygens (including phenoxy) is 2. The Kier molecular flexibility index (Phi) is 6.01. The molecule has 26 heavy (non-hydrogen) atoms. The summed E-state index contributed by atoms with van der Waals surface area (Å²) in [4.78, 5) is 0. The average Bonchev–Trinajstić information content (AvgIpc) is 2.99. The highest BCUT2D eigenvalue weighted by atomic mass is 32.2. The lowest BCUT2D eigenvalue weighted by Gasteiger charge is -2.09. The molecule has 1 heterocycles. The van der Waals surface area contributed by atoms with Crippen molar-refractivity contribution in [2.75, 3.05) is 18.2 Å². The number of hydrogen-bond donors (Lipinski definition) is 1. The molecule has 0 unspecified atom stereocenters. The predicted octanol–water partition coefficient (Wildman–Crippen LogP) is 3.36. The lowest BCUT2D eigenvalue weighted by atomic mass is 10.1. The molecule has 0 bridgehead atoms. The van der Waals surface area contributed by atoms with Crippen LogP contribution in [0.3, 0.4) is 0 Å². The van der Waals surface area contributed by atoms with Crippen molar-refractivity contribution < 1.29 is 9.47 Å². The van der Waals surface area contributed by atoms with Crippen LogP contribution in [0.1, 0.15) is 17.0 Å². The van der Waals surface area contributed by atoms with Gasteiger partial charge in [0, 0.05) is 5.75 Å². The van der Waals surface area contributed by atoms with Crippen molar-refractivity contribution in [2.45, 2.75) is 25.6 Å². The SMILES string of the molecule is Cc1ccc(OCc2nnc(SCCOc3ccccc3)n2N)c(C)c1. The molecule has 3 rings (SSSR count). The Hall–Kier alpha value is -2.67. The molecule has 7 heteroatoms. The van der Waals surface area contributed by atoms with E-state index in [9.17, 15) is 0 Å². The summed E-state index contributed by atoms with van der Waals surface area (Å²) in [6.45, 7) is 4.91. The third kappa shape index (κ3) is 4.70. The van der Waals surface area contributed by atoms with Crippen LogP contribution in [0.15, 0.2) is 53.7 Å². The van der Waals surface area contributed by atoms with Crippen molar-refractivity contribution in [1.29, 1.82) is 0 Å². The van der Waals surface area contributed by atoms with Crippen molar-refractivity contribution in [1.82, 2.24) is 14.9 Å². The summed E-state index contributed by atoms with van der Waals surface area (Å²) in [5.74, 6) is 9.05. The van der Waals surface area contributed by atoms with Crippen LogP contribution in [0.5, 0.6) is 11.5 Å². The number of rotatable bonds is 8. The van der Waals surface area contributed by atoms with Crippen molar-refractivity contribution in [2.24, 2.45) is 0 Å². The number of nitrogen functional groups attached to an aromatic ring is 1. The lowest BCUT2D eigenvalue weighted by Crippen LogP contribution is -2.16. The average molecular weight is 370 g/mol. The highest BCUT2D eigenvalue weighted by molar-refractivity contribution is 7.99. The molecule has 0 amide bonds. The predicted molar refractivity (Wildman–Crippen MR) is 103 cm³/mol. The first-order valence-electron chi connectivity index (χ1n) is 8.33. The number of hydrogen-bond acceptors (Lipinski definition) is 6. The van der Waals surface area contributed by atoms with Gasteiger partial charge in [0.2, 0.25) is 5.16 Å². The molecule has 0 saturated heterocycles. The third-order valence-electron chi connectivity index (χ3n) is 3.75.